The molecule has 0 saturated carbocycles. The number of carbonyl (C=O) groups is 1. The number of nitrogens with zero attached hydrogens (tertiary/aromatic N) is 7. The van der Waals surface area contributed by atoms with Crippen molar-refractivity contribution in [1.82, 2.24) is 24.3 Å². The number of aryl methyl sites for hydroxylation is 2. The summed E-state index contributed by atoms with van der Waals surface area (Å²) in [7, 11) is 6.07. The number of likely N-dealkylation sites (N-methyl/N-ethyl adjacent to an activating group) is 1. The first-order valence-corrected chi connectivity index (χ1v) is 14.7. The number of rotatable bonds is 5. The average Bonchev–Trinajstić information content (AvgIpc) is 3.30. The predicted molar refractivity (Wildman–Crippen MR) is 169 cm³/mol. The lowest BCUT2D eigenvalue weighted by atomic mass is 9.95. The Hall–Kier alpha value is -3.69. The monoisotopic (exact) mass is 589 g/mol. The summed E-state index contributed by atoms with van der Waals surface area (Å²) in [5.41, 5.74) is 3.22. The van der Waals surface area contributed by atoms with Gasteiger partial charge in [-0.25, -0.2) is 9.37 Å². The third-order valence-corrected chi connectivity index (χ3v) is 9.24. The maximum absolute atomic E-state index is 17.0. The second-order valence-electron chi connectivity index (χ2n) is 12.0. The minimum absolute atomic E-state index is 0.0668. The molecule has 8 nitrogen and oxygen atoms in total. The summed E-state index contributed by atoms with van der Waals surface area (Å²) in [6.07, 6.45) is 3.33. The first-order chi connectivity index (χ1) is 20.0. The highest BCUT2D eigenvalue weighted by Crippen LogP contribution is 2.43. The van der Waals surface area contributed by atoms with Crippen LogP contribution < -0.4 is 9.80 Å². The summed E-state index contributed by atoms with van der Waals surface area (Å²) in [6, 6.07) is 8.11. The highest BCUT2D eigenvalue weighted by Gasteiger charge is 2.36. The molecule has 2 saturated heterocycles. The molecule has 1 amide bonds. The Morgan fingerprint density at radius 1 is 1.10 bits per heavy atom. The topological polar surface area (TPSA) is 60.7 Å². The van der Waals surface area contributed by atoms with Gasteiger partial charge < -0.3 is 24.2 Å². The van der Waals surface area contributed by atoms with Crippen LogP contribution in [0.5, 0.6) is 0 Å². The van der Waals surface area contributed by atoms with Crippen LogP contribution in [0, 0.1) is 12.7 Å². The van der Waals surface area contributed by atoms with Gasteiger partial charge >= 0.3 is 0 Å². The molecule has 2 atom stereocenters. The highest BCUT2D eigenvalue weighted by atomic mass is 35.5. The molecule has 220 valence electrons. The number of carbonyl (C=O) groups excluding carboxylic acids is 1. The molecule has 2 aliphatic rings. The lowest BCUT2D eigenvalue weighted by molar-refractivity contribution is -0.128. The SMILES string of the molecule is C=CC(=O)N1C[C@H](C)N(c2nc(N3CC(N(C)C)C3)nc3c(F)c(-c4c(C)ccc5ccn(C)c45)c(Cl)cc23)C[C@H]1C. The van der Waals surface area contributed by atoms with Crippen LogP contribution >= 0.6 is 11.6 Å². The summed E-state index contributed by atoms with van der Waals surface area (Å²) in [5, 5.41) is 1.89. The number of aromatic nitrogens is 3. The van der Waals surface area contributed by atoms with Crippen LogP contribution in [-0.2, 0) is 11.8 Å². The summed E-state index contributed by atoms with van der Waals surface area (Å²) in [4.78, 5) is 30.7. The average molecular weight is 590 g/mol. The molecule has 0 aliphatic carbocycles. The molecule has 2 aromatic carbocycles. The normalized spacial score (nSPS) is 19.7. The van der Waals surface area contributed by atoms with E-state index in [-0.39, 0.29) is 23.5 Å². The Balaban J connectivity index is 1.55. The number of benzene rings is 2. The maximum atomic E-state index is 17.0. The third kappa shape index (κ3) is 4.50. The fourth-order valence-corrected chi connectivity index (χ4v) is 6.64. The molecule has 6 rings (SSSR count). The summed E-state index contributed by atoms with van der Waals surface area (Å²) < 4.78 is 19.0. The number of halogens is 2. The molecule has 0 radical (unpaired) electrons. The molecule has 42 heavy (non-hydrogen) atoms. The Bertz CT molecular complexity index is 1730. The quantitative estimate of drug-likeness (QED) is 0.296. The van der Waals surface area contributed by atoms with Gasteiger partial charge in [-0.2, -0.15) is 4.98 Å². The van der Waals surface area contributed by atoms with E-state index in [0.717, 1.165) is 35.1 Å². The number of fused-ring (bicyclic) bond motifs is 2. The first kappa shape index (κ1) is 28.4. The molecular weight excluding hydrogens is 553 g/mol. The molecule has 2 aromatic heterocycles. The first-order valence-electron chi connectivity index (χ1n) is 14.4. The Morgan fingerprint density at radius 2 is 1.83 bits per heavy atom. The molecule has 0 N–H and O–H groups in total. The van der Waals surface area contributed by atoms with Crippen LogP contribution in [0.3, 0.4) is 0 Å². The number of hydrogen-bond donors (Lipinski definition) is 0. The zero-order chi connectivity index (χ0) is 30.0. The van der Waals surface area contributed by atoms with Crippen LogP contribution in [0.4, 0.5) is 16.2 Å². The molecule has 0 bridgehead atoms. The van der Waals surface area contributed by atoms with Crippen molar-refractivity contribution in [1.29, 1.82) is 0 Å². The van der Waals surface area contributed by atoms with E-state index in [2.05, 4.69) is 42.3 Å². The van der Waals surface area contributed by atoms with Crippen LogP contribution in [0.1, 0.15) is 19.4 Å². The van der Waals surface area contributed by atoms with Crippen molar-refractivity contribution < 1.29 is 9.18 Å². The van der Waals surface area contributed by atoms with Crippen molar-refractivity contribution in [3.05, 3.63) is 59.5 Å². The van der Waals surface area contributed by atoms with Crippen molar-refractivity contribution in [2.24, 2.45) is 7.05 Å². The maximum Gasteiger partial charge on any atom is 0.246 e. The van der Waals surface area contributed by atoms with Crippen molar-refractivity contribution in [2.45, 2.75) is 38.9 Å². The van der Waals surface area contributed by atoms with Gasteiger partial charge in [0.05, 0.1) is 10.5 Å². The molecule has 4 heterocycles. The second-order valence-corrected chi connectivity index (χ2v) is 12.4. The fraction of sp³-hybridized carbons (Fsp3) is 0.406. The van der Waals surface area contributed by atoms with E-state index < -0.39 is 5.82 Å². The number of anilines is 2. The van der Waals surface area contributed by atoms with Gasteiger partial charge in [0.15, 0.2) is 5.82 Å². The zero-order valence-electron chi connectivity index (χ0n) is 25.0. The number of piperazine rings is 1. The Labute approximate surface area is 251 Å². The molecule has 0 spiro atoms. The lowest BCUT2D eigenvalue weighted by Gasteiger charge is -2.45. The summed E-state index contributed by atoms with van der Waals surface area (Å²) in [6.45, 7) is 12.3. The van der Waals surface area contributed by atoms with E-state index in [1.807, 2.05) is 60.8 Å². The standard InChI is InChI=1S/C32H37ClFN7O/c1-8-25(42)40-14-20(4)41(15-19(40)3)31-23-13-24(33)27(26-18(2)9-10-21-11-12-38(7)30(21)26)28(34)29(23)35-32(36-31)39-16-22(17-39)37(5)6/h8-13,19-20,22H,1,14-17H2,2-7H3/t19-,20+/m1/s1. The van der Waals surface area contributed by atoms with Gasteiger partial charge in [0.1, 0.15) is 11.3 Å². The highest BCUT2D eigenvalue weighted by molar-refractivity contribution is 6.35. The molecule has 0 unspecified atom stereocenters. The number of amides is 1. The van der Waals surface area contributed by atoms with Crippen LogP contribution in [-0.4, -0.2) is 88.6 Å². The minimum atomic E-state index is -0.454. The van der Waals surface area contributed by atoms with Gasteiger partial charge in [0.2, 0.25) is 11.9 Å². The second kappa shape index (κ2) is 10.5. The fourth-order valence-electron chi connectivity index (χ4n) is 6.35. The van der Waals surface area contributed by atoms with Crippen molar-refractivity contribution in [3.63, 3.8) is 0 Å². The third-order valence-electron chi connectivity index (χ3n) is 8.94. The van der Waals surface area contributed by atoms with Crippen molar-refractivity contribution >= 4 is 51.1 Å². The van der Waals surface area contributed by atoms with Gasteiger partial charge in [-0.1, -0.05) is 30.3 Å². The summed E-state index contributed by atoms with van der Waals surface area (Å²) >= 11 is 6.99. The van der Waals surface area contributed by atoms with E-state index in [9.17, 15) is 4.79 Å². The van der Waals surface area contributed by atoms with Gasteiger partial charge in [-0.05, 0) is 58.6 Å². The van der Waals surface area contributed by atoms with Crippen LogP contribution in [0.15, 0.2) is 43.1 Å². The predicted octanol–water partition coefficient (Wildman–Crippen LogP) is 5.25. The lowest BCUT2D eigenvalue weighted by Crippen LogP contribution is -2.59. The Kier molecular flexibility index (Phi) is 7.14. The number of hydrogen-bond acceptors (Lipinski definition) is 6. The van der Waals surface area contributed by atoms with Gasteiger partial charge in [0, 0.05) is 79.4 Å². The molecule has 10 heteroatoms. The van der Waals surface area contributed by atoms with Gasteiger partial charge in [-0.3, -0.25) is 4.79 Å². The zero-order valence-corrected chi connectivity index (χ0v) is 25.8. The van der Waals surface area contributed by atoms with Gasteiger partial charge in [0.25, 0.3) is 0 Å². The summed E-state index contributed by atoms with van der Waals surface area (Å²) in [5.74, 6) is 0.585. The molecular formula is C32H37ClFN7O. The van der Waals surface area contributed by atoms with Crippen LogP contribution in [0.2, 0.25) is 5.02 Å². The smallest absolute Gasteiger partial charge is 0.246 e. The molecule has 2 fully saturated rings. The van der Waals surface area contributed by atoms with Crippen LogP contribution in [0.25, 0.3) is 32.9 Å². The van der Waals surface area contributed by atoms with Gasteiger partial charge in [-0.15, -0.1) is 0 Å². The van der Waals surface area contributed by atoms with E-state index in [1.54, 1.807) is 0 Å². The largest absolute Gasteiger partial charge is 0.350 e. The molecule has 4 aromatic rings. The van der Waals surface area contributed by atoms with E-state index >= 15 is 4.39 Å². The minimum Gasteiger partial charge on any atom is -0.350 e. The van der Waals surface area contributed by atoms with Crippen molar-refractivity contribution in [2.75, 3.05) is 50.1 Å². The van der Waals surface area contributed by atoms with E-state index in [4.69, 9.17) is 21.6 Å². The van der Waals surface area contributed by atoms with Crippen molar-refractivity contribution in [3.8, 4) is 11.1 Å². The molecule has 2 aliphatic heterocycles. The Morgan fingerprint density at radius 3 is 2.52 bits per heavy atom. The van der Waals surface area contributed by atoms with E-state index in [0.29, 0.717) is 46.9 Å². The van der Waals surface area contributed by atoms with E-state index in [1.165, 1.54) is 6.08 Å².